The van der Waals surface area contributed by atoms with Gasteiger partial charge in [-0.05, 0) is 35.6 Å². The number of hydrogen-bond acceptors (Lipinski definition) is 2. The van der Waals surface area contributed by atoms with Gasteiger partial charge in [0.25, 0.3) is 0 Å². The largest absolute Gasteiger partial charge is 0.478 e. The van der Waals surface area contributed by atoms with Crippen LogP contribution in [0, 0.1) is 0 Å². The van der Waals surface area contributed by atoms with Gasteiger partial charge in [0.15, 0.2) is 0 Å². The molecule has 1 heterocycles. The lowest BCUT2D eigenvalue weighted by Crippen LogP contribution is -2.09. The van der Waals surface area contributed by atoms with Gasteiger partial charge < -0.3 is 5.11 Å². The fourth-order valence-electron chi connectivity index (χ4n) is 2.22. The standard InChI is InChI=1S/C15H15Br2NO2/c1-9-2-3-11(7-16)14(8-17)18-13-6-10(15(19)20)4-5-12(9)13/h3-6,9H,2,7-8H2,1H3,(H,19,20)/b11-3+,18-14-. The first-order valence-corrected chi connectivity index (χ1v) is 8.57. The molecule has 0 aromatic heterocycles. The summed E-state index contributed by atoms with van der Waals surface area (Å²) >= 11 is 6.94. The Morgan fingerprint density at radius 3 is 2.75 bits per heavy atom. The van der Waals surface area contributed by atoms with Crippen molar-refractivity contribution in [3.05, 3.63) is 41.0 Å². The maximum atomic E-state index is 11.1. The molecule has 5 heteroatoms. The first-order chi connectivity index (χ1) is 9.56. The van der Waals surface area contributed by atoms with Crippen molar-refractivity contribution in [3.63, 3.8) is 0 Å². The zero-order valence-electron chi connectivity index (χ0n) is 11.1. The molecule has 1 atom stereocenters. The average molecular weight is 401 g/mol. The maximum absolute atomic E-state index is 11.1. The number of nitrogens with zero attached hydrogens (tertiary/aromatic N) is 1. The van der Waals surface area contributed by atoms with Crippen LogP contribution < -0.4 is 0 Å². The monoisotopic (exact) mass is 399 g/mol. The molecule has 1 aromatic rings. The summed E-state index contributed by atoms with van der Waals surface area (Å²) in [7, 11) is 0. The number of carboxylic acid groups (broad SMARTS) is 1. The first kappa shape index (κ1) is 15.4. The summed E-state index contributed by atoms with van der Waals surface area (Å²) in [6.45, 7) is 2.14. The van der Waals surface area contributed by atoms with Gasteiger partial charge in [-0.2, -0.15) is 0 Å². The number of aromatic carboxylic acids is 1. The number of fused-ring (bicyclic) bond motifs is 1. The van der Waals surface area contributed by atoms with Crippen LogP contribution in [0.3, 0.4) is 0 Å². The smallest absolute Gasteiger partial charge is 0.335 e. The number of rotatable bonds is 3. The second-order valence-corrected chi connectivity index (χ2v) is 5.89. The van der Waals surface area contributed by atoms with Crippen LogP contribution >= 0.6 is 31.9 Å². The highest BCUT2D eigenvalue weighted by Crippen LogP contribution is 2.33. The molecule has 1 aliphatic heterocycles. The van der Waals surface area contributed by atoms with E-state index in [1.54, 1.807) is 12.1 Å². The van der Waals surface area contributed by atoms with Gasteiger partial charge in [-0.15, -0.1) is 0 Å². The number of benzene rings is 1. The number of carbonyl (C=O) groups is 1. The molecule has 1 N–H and O–H groups in total. The highest BCUT2D eigenvalue weighted by Gasteiger charge is 2.17. The summed E-state index contributed by atoms with van der Waals surface area (Å²) < 4.78 is 0. The summed E-state index contributed by atoms with van der Waals surface area (Å²) in [5.74, 6) is -0.600. The number of halogens is 2. The van der Waals surface area contributed by atoms with Crippen LogP contribution in [0.15, 0.2) is 34.8 Å². The van der Waals surface area contributed by atoms with E-state index >= 15 is 0 Å². The minimum absolute atomic E-state index is 0.276. The van der Waals surface area contributed by atoms with Gasteiger partial charge in [-0.3, -0.25) is 4.99 Å². The van der Waals surface area contributed by atoms with Crippen molar-refractivity contribution >= 4 is 49.2 Å². The zero-order chi connectivity index (χ0) is 14.7. The zero-order valence-corrected chi connectivity index (χ0v) is 14.2. The fraction of sp³-hybridized carbons (Fsp3) is 0.333. The molecule has 0 bridgehead atoms. The lowest BCUT2D eigenvalue weighted by Gasteiger charge is -2.18. The third kappa shape index (κ3) is 3.20. The number of carboxylic acids is 1. The Bertz CT molecular complexity index is 594. The van der Waals surface area contributed by atoms with Crippen LogP contribution in [-0.4, -0.2) is 27.4 Å². The first-order valence-electron chi connectivity index (χ1n) is 6.33. The second kappa shape index (κ2) is 6.68. The molecule has 20 heavy (non-hydrogen) atoms. The molecule has 0 radical (unpaired) electrons. The van der Waals surface area contributed by atoms with Gasteiger partial charge in [-0.25, -0.2) is 4.79 Å². The quantitative estimate of drug-likeness (QED) is 0.748. The van der Waals surface area contributed by atoms with Gasteiger partial charge in [0, 0.05) is 10.7 Å². The second-order valence-electron chi connectivity index (χ2n) is 4.77. The number of alkyl halides is 2. The SMILES string of the molecule is CC1C/C=C(CBr)/C(CBr)=N\c2cc(C(=O)O)ccc21. The molecule has 0 aliphatic carbocycles. The van der Waals surface area contributed by atoms with Crippen molar-refractivity contribution in [2.75, 3.05) is 10.7 Å². The van der Waals surface area contributed by atoms with E-state index < -0.39 is 5.97 Å². The summed E-state index contributed by atoms with van der Waals surface area (Å²) in [5.41, 5.74) is 4.23. The molecular formula is C15H15Br2NO2. The van der Waals surface area contributed by atoms with E-state index in [9.17, 15) is 4.79 Å². The number of allylic oxidation sites excluding steroid dienone is 2. The Kier molecular flexibility index (Phi) is 5.16. The van der Waals surface area contributed by atoms with Gasteiger partial charge in [0.2, 0.25) is 0 Å². The van der Waals surface area contributed by atoms with Crippen molar-refractivity contribution in [3.8, 4) is 0 Å². The van der Waals surface area contributed by atoms with Gasteiger partial charge in [0.05, 0.1) is 17.0 Å². The van der Waals surface area contributed by atoms with Crippen molar-refractivity contribution in [2.45, 2.75) is 19.3 Å². The topological polar surface area (TPSA) is 49.7 Å². The van der Waals surface area contributed by atoms with E-state index in [4.69, 9.17) is 5.11 Å². The minimum atomic E-state index is -0.922. The van der Waals surface area contributed by atoms with Gasteiger partial charge in [-0.1, -0.05) is 50.9 Å². The third-order valence-corrected chi connectivity index (χ3v) is 4.56. The number of aliphatic imine (C=N–C) groups is 1. The van der Waals surface area contributed by atoms with Crippen molar-refractivity contribution in [2.24, 2.45) is 4.99 Å². The van der Waals surface area contributed by atoms with E-state index in [-0.39, 0.29) is 5.56 Å². The van der Waals surface area contributed by atoms with Crippen molar-refractivity contribution in [1.82, 2.24) is 0 Å². The highest BCUT2D eigenvalue weighted by atomic mass is 79.9. The Hall–Kier alpha value is -0.940. The predicted molar refractivity (Wildman–Crippen MR) is 89.2 cm³/mol. The molecule has 0 amide bonds. The summed E-state index contributed by atoms with van der Waals surface area (Å²) in [4.78, 5) is 15.8. The summed E-state index contributed by atoms with van der Waals surface area (Å²) in [6.07, 6.45) is 3.12. The molecule has 2 rings (SSSR count). The molecule has 0 saturated heterocycles. The van der Waals surface area contributed by atoms with Crippen molar-refractivity contribution < 1.29 is 9.90 Å². The average Bonchev–Trinajstić information content (AvgIpc) is 2.44. The highest BCUT2D eigenvalue weighted by molar-refractivity contribution is 9.09. The van der Waals surface area contributed by atoms with Gasteiger partial charge in [0.1, 0.15) is 0 Å². The van der Waals surface area contributed by atoms with E-state index in [2.05, 4.69) is 49.9 Å². The van der Waals surface area contributed by atoms with E-state index in [0.717, 1.165) is 34.3 Å². The van der Waals surface area contributed by atoms with Crippen LogP contribution in [0.1, 0.15) is 35.2 Å². The van der Waals surface area contributed by atoms with E-state index in [1.807, 2.05) is 6.07 Å². The van der Waals surface area contributed by atoms with Crippen LogP contribution in [0.2, 0.25) is 0 Å². The Morgan fingerprint density at radius 2 is 2.15 bits per heavy atom. The van der Waals surface area contributed by atoms with E-state index in [0.29, 0.717) is 11.2 Å². The molecule has 0 saturated carbocycles. The summed E-state index contributed by atoms with van der Waals surface area (Å²) in [6, 6.07) is 5.19. The lowest BCUT2D eigenvalue weighted by molar-refractivity contribution is 0.0697. The minimum Gasteiger partial charge on any atom is -0.478 e. The summed E-state index contributed by atoms with van der Waals surface area (Å²) in [5, 5.41) is 10.5. The van der Waals surface area contributed by atoms with Gasteiger partial charge >= 0.3 is 5.97 Å². The third-order valence-electron chi connectivity index (χ3n) is 3.42. The van der Waals surface area contributed by atoms with Crippen molar-refractivity contribution in [1.29, 1.82) is 0 Å². The molecule has 0 spiro atoms. The Morgan fingerprint density at radius 1 is 1.40 bits per heavy atom. The fourth-order valence-corrected chi connectivity index (χ4v) is 3.26. The normalized spacial score (nSPS) is 23.6. The molecule has 3 nitrogen and oxygen atoms in total. The molecule has 0 fully saturated rings. The molecule has 106 valence electrons. The maximum Gasteiger partial charge on any atom is 0.335 e. The molecular weight excluding hydrogens is 386 g/mol. The predicted octanol–water partition coefficient (Wildman–Crippen LogP) is 4.68. The molecule has 1 aromatic carbocycles. The molecule has 1 aliphatic rings. The van der Waals surface area contributed by atoms with Crippen LogP contribution in [0.25, 0.3) is 0 Å². The lowest BCUT2D eigenvalue weighted by atomic mass is 9.92. The van der Waals surface area contributed by atoms with Crippen LogP contribution in [-0.2, 0) is 0 Å². The Labute approximate surface area is 135 Å². The van der Waals surface area contributed by atoms with Crippen LogP contribution in [0.4, 0.5) is 5.69 Å². The van der Waals surface area contributed by atoms with Crippen LogP contribution in [0.5, 0.6) is 0 Å². The number of hydrogen-bond donors (Lipinski definition) is 1. The Balaban J connectivity index is 2.59. The molecule has 1 unspecified atom stereocenters. The van der Waals surface area contributed by atoms with E-state index in [1.165, 1.54) is 0 Å².